The van der Waals surface area contributed by atoms with Gasteiger partial charge in [-0.2, -0.15) is 8.78 Å². The maximum Gasteiger partial charge on any atom is 0.387 e. The molecule has 1 fully saturated rings. The summed E-state index contributed by atoms with van der Waals surface area (Å²) < 4.78 is 32.0. The Balaban J connectivity index is 1.70. The molecule has 1 aliphatic carbocycles. The summed E-state index contributed by atoms with van der Waals surface area (Å²) >= 11 is 0. The standard InChI is InChI=1S/C18H19F2N5O2/c1-10-2-3-13(15(4-10)27-17(19)20)16-14-7-21-9-25(14)18(24-23-16)22-12-5-11(6-12)8-26/h2-4,7,9,11-12,17,26H,5-6,8H2,1H3,(H,22,24). The molecule has 0 amide bonds. The second-order valence-corrected chi connectivity index (χ2v) is 6.76. The lowest BCUT2D eigenvalue weighted by atomic mass is 9.81. The van der Waals surface area contributed by atoms with Crippen LogP contribution in [-0.2, 0) is 0 Å². The van der Waals surface area contributed by atoms with Gasteiger partial charge in [-0.3, -0.25) is 4.40 Å². The molecule has 4 rings (SSSR count). The molecule has 1 saturated carbocycles. The summed E-state index contributed by atoms with van der Waals surface area (Å²) in [6.45, 7) is -0.949. The number of nitrogens with one attached hydrogen (secondary N) is 1. The topological polar surface area (TPSA) is 84.6 Å². The van der Waals surface area contributed by atoms with Crippen LogP contribution >= 0.6 is 0 Å². The van der Waals surface area contributed by atoms with E-state index in [4.69, 9.17) is 5.11 Å². The zero-order valence-electron chi connectivity index (χ0n) is 14.6. The van der Waals surface area contributed by atoms with Crippen molar-refractivity contribution in [3.05, 3.63) is 36.3 Å². The number of fused-ring (bicyclic) bond motifs is 1. The number of rotatable bonds is 6. The van der Waals surface area contributed by atoms with Gasteiger partial charge in [-0.15, -0.1) is 10.2 Å². The van der Waals surface area contributed by atoms with Crippen molar-refractivity contribution in [3.8, 4) is 17.0 Å². The normalized spacial score (nSPS) is 19.3. The molecule has 7 nitrogen and oxygen atoms in total. The van der Waals surface area contributed by atoms with Crippen molar-refractivity contribution in [1.29, 1.82) is 0 Å². The molecular formula is C18H19F2N5O2. The monoisotopic (exact) mass is 375 g/mol. The van der Waals surface area contributed by atoms with E-state index in [-0.39, 0.29) is 18.4 Å². The molecule has 27 heavy (non-hydrogen) atoms. The largest absolute Gasteiger partial charge is 0.434 e. The number of hydrogen-bond acceptors (Lipinski definition) is 6. The highest BCUT2D eigenvalue weighted by Crippen LogP contribution is 2.34. The molecule has 0 unspecified atom stereocenters. The molecular weight excluding hydrogens is 356 g/mol. The van der Waals surface area contributed by atoms with Crippen molar-refractivity contribution in [2.24, 2.45) is 5.92 Å². The lowest BCUT2D eigenvalue weighted by Gasteiger charge is -2.34. The van der Waals surface area contributed by atoms with E-state index in [1.165, 1.54) is 0 Å². The first-order valence-corrected chi connectivity index (χ1v) is 8.67. The van der Waals surface area contributed by atoms with E-state index >= 15 is 0 Å². The van der Waals surface area contributed by atoms with Gasteiger partial charge in [0.2, 0.25) is 5.95 Å². The van der Waals surface area contributed by atoms with Gasteiger partial charge in [-0.25, -0.2) is 4.98 Å². The molecule has 0 saturated heterocycles. The van der Waals surface area contributed by atoms with Crippen LogP contribution in [0.5, 0.6) is 5.75 Å². The number of ether oxygens (including phenoxy) is 1. The van der Waals surface area contributed by atoms with E-state index in [1.54, 1.807) is 42.0 Å². The number of hydrogen-bond donors (Lipinski definition) is 2. The number of imidazole rings is 1. The van der Waals surface area contributed by atoms with Gasteiger partial charge in [0.15, 0.2) is 0 Å². The van der Waals surface area contributed by atoms with Crippen molar-refractivity contribution < 1.29 is 18.6 Å². The zero-order valence-corrected chi connectivity index (χ0v) is 14.6. The van der Waals surface area contributed by atoms with Crippen LogP contribution < -0.4 is 10.1 Å². The third-order valence-corrected chi connectivity index (χ3v) is 4.79. The highest BCUT2D eigenvalue weighted by atomic mass is 19.3. The van der Waals surface area contributed by atoms with E-state index in [0.717, 1.165) is 18.4 Å². The number of nitrogens with zero attached hydrogens (tertiary/aromatic N) is 4. The van der Waals surface area contributed by atoms with Crippen molar-refractivity contribution >= 4 is 11.5 Å². The van der Waals surface area contributed by atoms with Crippen molar-refractivity contribution in [1.82, 2.24) is 19.6 Å². The van der Waals surface area contributed by atoms with Gasteiger partial charge in [0.25, 0.3) is 0 Å². The fourth-order valence-electron chi connectivity index (χ4n) is 3.33. The second kappa shape index (κ2) is 7.07. The van der Waals surface area contributed by atoms with Gasteiger partial charge in [-0.05, 0) is 43.4 Å². The lowest BCUT2D eigenvalue weighted by molar-refractivity contribution is -0.0494. The van der Waals surface area contributed by atoms with Gasteiger partial charge in [0.05, 0.1) is 11.7 Å². The van der Waals surface area contributed by atoms with Crippen molar-refractivity contribution in [2.75, 3.05) is 11.9 Å². The second-order valence-electron chi connectivity index (χ2n) is 6.76. The summed E-state index contributed by atoms with van der Waals surface area (Å²) in [4.78, 5) is 4.15. The maximum absolute atomic E-state index is 12.8. The van der Waals surface area contributed by atoms with E-state index in [9.17, 15) is 8.78 Å². The first-order chi connectivity index (χ1) is 13.0. The van der Waals surface area contributed by atoms with Gasteiger partial charge in [0, 0.05) is 18.2 Å². The number of alkyl halides is 2. The number of aryl methyl sites for hydroxylation is 1. The van der Waals surface area contributed by atoms with Gasteiger partial charge in [-0.1, -0.05) is 6.07 Å². The molecule has 3 aromatic rings. The molecule has 9 heteroatoms. The Bertz CT molecular complexity index is 956. The Morgan fingerprint density at radius 3 is 2.89 bits per heavy atom. The summed E-state index contributed by atoms with van der Waals surface area (Å²) in [6.07, 6.45) is 4.93. The molecule has 0 spiro atoms. The van der Waals surface area contributed by atoms with Crippen LogP contribution in [0.25, 0.3) is 16.8 Å². The molecule has 142 valence electrons. The minimum Gasteiger partial charge on any atom is -0.434 e. The van der Waals surface area contributed by atoms with E-state index in [0.29, 0.717) is 28.6 Å². The number of aliphatic hydroxyl groups excluding tert-OH is 1. The first-order valence-electron chi connectivity index (χ1n) is 8.67. The molecule has 1 aromatic carbocycles. The molecule has 0 bridgehead atoms. The lowest BCUT2D eigenvalue weighted by Crippen LogP contribution is -2.38. The van der Waals surface area contributed by atoms with Crippen LogP contribution in [0.2, 0.25) is 0 Å². The van der Waals surface area contributed by atoms with E-state index < -0.39 is 6.61 Å². The SMILES string of the molecule is Cc1ccc(-c2nnc(NC3CC(CO)C3)n3cncc23)c(OC(F)F)c1. The zero-order chi connectivity index (χ0) is 19.0. The van der Waals surface area contributed by atoms with Crippen LogP contribution in [0.3, 0.4) is 0 Å². The van der Waals surface area contributed by atoms with Crippen molar-refractivity contribution in [3.63, 3.8) is 0 Å². The Kier molecular flexibility index (Phi) is 4.61. The number of halogens is 2. The van der Waals surface area contributed by atoms with Crippen LogP contribution in [0, 0.1) is 12.8 Å². The number of aromatic nitrogens is 4. The third kappa shape index (κ3) is 3.42. The van der Waals surface area contributed by atoms with E-state index in [1.807, 2.05) is 0 Å². The average Bonchev–Trinajstić information content (AvgIpc) is 3.08. The summed E-state index contributed by atoms with van der Waals surface area (Å²) in [5, 5.41) is 20.9. The molecule has 0 radical (unpaired) electrons. The first kappa shape index (κ1) is 17.6. The highest BCUT2D eigenvalue weighted by molar-refractivity contribution is 5.81. The molecule has 2 aromatic heterocycles. The van der Waals surface area contributed by atoms with Crippen LogP contribution in [0.1, 0.15) is 18.4 Å². The van der Waals surface area contributed by atoms with Gasteiger partial charge >= 0.3 is 6.61 Å². The minimum absolute atomic E-state index is 0.0490. The summed E-state index contributed by atoms with van der Waals surface area (Å²) in [6, 6.07) is 5.25. The van der Waals surface area contributed by atoms with E-state index in [2.05, 4.69) is 25.2 Å². The maximum atomic E-state index is 12.8. The molecule has 2 heterocycles. The van der Waals surface area contributed by atoms with Gasteiger partial charge in [0.1, 0.15) is 17.8 Å². The Labute approximate surface area is 154 Å². The summed E-state index contributed by atoms with van der Waals surface area (Å²) in [7, 11) is 0. The van der Waals surface area contributed by atoms with Gasteiger partial charge < -0.3 is 15.2 Å². The predicted octanol–water partition coefficient (Wildman–Crippen LogP) is 2.88. The van der Waals surface area contributed by atoms with Crippen molar-refractivity contribution in [2.45, 2.75) is 32.4 Å². The van der Waals surface area contributed by atoms with Crippen LogP contribution in [-0.4, -0.2) is 43.9 Å². The third-order valence-electron chi connectivity index (χ3n) is 4.79. The number of aliphatic hydroxyl groups is 1. The molecule has 0 atom stereocenters. The Morgan fingerprint density at radius 2 is 2.15 bits per heavy atom. The number of benzene rings is 1. The quantitative estimate of drug-likeness (QED) is 0.689. The summed E-state index contributed by atoms with van der Waals surface area (Å²) in [5.41, 5.74) is 2.27. The molecule has 2 N–H and O–H groups in total. The predicted molar refractivity (Wildman–Crippen MR) is 94.8 cm³/mol. The Hall–Kier alpha value is -2.81. The van der Waals surface area contributed by atoms with Crippen LogP contribution in [0.15, 0.2) is 30.7 Å². The molecule has 1 aliphatic rings. The fraction of sp³-hybridized carbons (Fsp3) is 0.389. The molecule has 0 aliphatic heterocycles. The fourth-order valence-corrected chi connectivity index (χ4v) is 3.33. The average molecular weight is 375 g/mol. The highest BCUT2D eigenvalue weighted by Gasteiger charge is 2.29. The van der Waals surface area contributed by atoms with Crippen LogP contribution in [0.4, 0.5) is 14.7 Å². The Morgan fingerprint density at radius 1 is 1.33 bits per heavy atom. The number of anilines is 1. The minimum atomic E-state index is -2.93. The smallest absolute Gasteiger partial charge is 0.387 e. The summed E-state index contributed by atoms with van der Waals surface area (Å²) in [5.74, 6) is 0.888.